The van der Waals surface area contributed by atoms with Crippen LogP contribution in [0.2, 0.25) is 0 Å². The molecule has 1 N–H and O–H groups in total. The van der Waals surface area contributed by atoms with E-state index in [0.717, 1.165) is 6.54 Å². The molecule has 17 heavy (non-hydrogen) atoms. The van der Waals surface area contributed by atoms with Gasteiger partial charge in [0.25, 0.3) is 0 Å². The Morgan fingerprint density at radius 2 is 2.18 bits per heavy atom. The van der Waals surface area contributed by atoms with E-state index in [4.69, 9.17) is 0 Å². The average molecular weight is 295 g/mol. The van der Waals surface area contributed by atoms with E-state index in [1.165, 1.54) is 43.4 Å². The van der Waals surface area contributed by atoms with Crippen LogP contribution in [-0.2, 0) is 6.42 Å². The number of nitrogens with one attached hydrogen (secondary N) is 1. The Morgan fingerprint density at radius 1 is 1.24 bits per heavy atom. The van der Waals surface area contributed by atoms with Crippen LogP contribution in [-0.4, -0.2) is 31.1 Å². The highest BCUT2D eigenvalue weighted by atomic mass is 79.9. The van der Waals surface area contributed by atoms with E-state index in [1.54, 1.807) is 11.1 Å². The van der Waals surface area contributed by atoms with Gasteiger partial charge in [-0.2, -0.15) is 0 Å². The van der Waals surface area contributed by atoms with Crippen molar-refractivity contribution in [2.24, 2.45) is 0 Å². The second kappa shape index (κ2) is 5.09. The van der Waals surface area contributed by atoms with E-state index in [-0.39, 0.29) is 0 Å². The highest BCUT2D eigenvalue weighted by Gasteiger charge is 2.27. The fraction of sp³-hybridized carbons (Fsp3) is 0.571. The fourth-order valence-electron chi connectivity index (χ4n) is 3.12. The van der Waals surface area contributed by atoms with Crippen molar-refractivity contribution in [3.63, 3.8) is 0 Å². The van der Waals surface area contributed by atoms with Crippen LogP contribution in [0.4, 0.5) is 0 Å². The highest BCUT2D eigenvalue weighted by molar-refractivity contribution is 9.10. The van der Waals surface area contributed by atoms with Crippen LogP contribution in [0.3, 0.4) is 0 Å². The molecule has 0 radical (unpaired) electrons. The topological polar surface area (TPSA) is 15.3 Å². The maximum atomic E-state index is 3.57. The Labute approximate surface area is 112 Å². The van der Waals surface area contributed by atoms with Crippen molar-refractivity contribution in [3.05, 3.63) is 33.8 Å². The molecule has 0 aromatic heterocycles. The molecule has 1 saturated heterocycles. The molecule has 0 amide bonds. The number of benzene rings is 1. The van der Waals surface area contributed by atoms with Gasteiger partial charge in [0.05, 0.1) is 0 Å². The quantitative estimate of drug-likeness (QED) is 0.857. The lowest BCUT2D eigenvalue weighted by Crippen LogP contribution is -2.31. The third kappa shape index (κ3) is 2.42. The van der Waals surface area contributed by atoms with Gasteiger partial charge in [0.15, 0.2) is 0 Å². The Balaban J connectivity index is 1.82. The van der Waals surface area contributed by atoms with Gasteiger partial charge in [-0.05, 0) is 49.1 Å². The van der Waals surface area contributed by atoms with Gasteiger partial charge in [-0.3, -0.25) is 4.90 Å². The number of nitrogens with zero attached hydrogens (tertiary/aromatic N) is 1. The minimum absolute atomic E-state index is 0.665. The Morgan fingerprint density at radius 3 is 3.12 bits per heavy atom. The molecule has 3 heteroatoms. The minimum Gasteiger partial charge on any atom is -0.315 e. The van der Waals surface area contributed by atoms with Gasteiger partial charge in [-0.25, -0.2) is 0 Å². The maximum Gasteiger partial charge on any atom is 0.0354 e. The summed E-state index contributed by atoms with van der Waals surface area (Å²) in [6, 6.07) is 7.46. The summed E-state index contributed by atoms with van der Waals surface area (Å²) in [5.41, 5.74) is 3.11. The van der Waals surface area contributed by atoms with E-state index >= 15 is 0 Å². The highest BCUT2D eigenvalue weighted by Crippen LogP contribution is 2.37. The Kier molecular flexibility index (Phi) is 3.50. The SMILES string of the molecule is Brc1ccc2c(c1)CCC2N1CCCNCC1. The van der Waals surface area contributed by atoms with E-state index < -0.39 is 0 Å². The van der Waals surface area contributed by atoms with Gasteiger partial charge in [0, 0.05) is 30.1 Å². The van der Waals surface area contributed by atoms with Gasteiger partial charge < -0.3 is 5.32 Å². The van der Waals surface area contributed by atoms with E-state index in [0.29, 0.717) is 6.04 Å². The number of aryl methyl sites for hydroxylation is 1. The zero-order chi connectivity index (χ0) is 11.7. The molecule has 0 saturated carbocycles. The molecule has 2 nitrogen and oxygen atoms in total. The molecule has 1 aromatic carbocycles. The lowest BCUT2D eigenvalue weighted by molar-refractivity contribution is 0.210. The number of hydrogen-bond acceptors (Lipinski definition) is 2. The summed E-state index contributed by atoms with van der Waals surface area (Å²) in [6.07, 6.45) is 3.82. The molecule has 1 heterocycles. The van der Waals surface area contributed by atoms with Crippen LogP contribution in [0.5, 0.6) is 0 Å². The van der Waals surface area contributed by atoms with Crippen molar-refractivity contribution < 1.29 is 0 Å². The summed E-state index contributed by atoms with van der Waals surface area (Å²) < 4.78 is 1.22. The number of rotatable bonds is 1. The number of hydrogen-bond donors (Lipinski definition) is 1. The van der Waals surface area contributed by atoms with Crippen LogP contribution < -0.4 is 5.32 Å². The molecule has 1 aromatic rings. The molecule has 0 spiro atoms. The normalized spacial score (nSPS) is 25.6. The van der Waals surface area contributed by atoms with Gasteiger partial charge in [0.1, 0.15) is 0 Å². The van der Waals surface area contributed by atoms with Crippen molar-refractivity contribution in [1.82, 2.24) is 10.2 Å². The van der Waals surface area contributed by atoms with Crippen LogP contribution >= 0.6 is 15.9 Å². The molecule has 1 atom stereocenters. The smallest absolute Gasteiger partial charge is 0.0354 e. The van der Waals surface area contributed by atoms with Gasteiger partial charge >= 0.3 is 0 Å². The lowest BCUT2D eigenvalue weighted by Gasteiger charge is -2.27. The summed E-state index contributed by atoms with van der Waals surface area (Å²) >= 11 is 3.57. The molecule has 0 bridgehead atoms. The van der Waals surface area contributed by atoms with Crippen molar-refractivity contribution in [3.8, 4) is 0 Å². The third-order valence-electron chi connectivity index (χ3n) is 3.97. The van der Waals surface area contributed by atoms with Crippen LogP contribution in [0.1, 0.15) is 30.0 Å². The fourth-order valence-corrected chi connectivity index (χ4v) is 3.53. The molecule has 1 aliphatic carbocycles. The first-order valence-electron chi connectivity index (χ1n) is 6.58. The molecular formula is C14H19BrN2. The molecule has 92 valence electrons. The van der Waals surface area contributed by atoms with Gasteiger partial charge in [-0.1, -0.05) is 22.0 Å². The van der Waals surface area contributed by atoms with E-state index in [2.05, 4.69) is 44.3 Å². The first-order valence-corrected chi connectivity index (χ1v) is 7.37. The van der Waals surface area contributed by atoms with Crippen molar-refractivity contribution >= 4 is 15.9 Å². The number of halogens is 1. The summed E-state index contributed by atoms with van der Waals surface area (Å²) in [5, 5.41) is 3.48. The molecular weight excluding hydrogens is 276 g/mol. The molecule has 2 aliphatic rings. The maximum absolute atomic E-state index is 3.57. The third-order valence-corrected chi connectivity index (χ3v) is 4.46. The molecule has 1 aliphatic heterocycles. The summed E-state index contributed by atoms with van der Waals surface area (Å²) in [5.74, 6) is 0. The standard InChI is InChI=1S/C14H19BrN2/c15-12-3-4-13-11(10-12)2-5-14(13)17-8-1-6-16-7-9-17/h3-4,10,14,16H,1-2,5-9H2. The second-order valence-corrected chi connectivity index (χ2v) is 5.95. The zero-order valence-electron chi connectivity index (χ0n) is 10.1. The largest absolute Gasteiger partial charge is 0.315 e. The van der Waals surface area contributed by atoms with Crippen LogP contribution in [0, 0.1) is 0 Å². The first-order chi connectivity index (χ1) is 8.34. The lowest BCUT2D eigenvalue weighted by atomic mass is 10.1. The van der Waals surface area contributed by atoms with Crippen LogP contribution in [0.25, 0.3) is 0 Å². The van der Waals surface area contributed by atoms with Crippen molar-refractivity contribution in [1.29, 1.82) is 0 Å². The first kappa shape index (κ1) is 11.7. The van der Waals surface area contributed by atoms with Gasteiger partial charge in [-0.15, -0.1) is 0 Å². The zero-order valence-corrected chi connectivity index (χ0v) is 11.7. The predicted octanol–water partition coefficient (Wildman–Crippen LogP) is 2.73. The van der Waals surface area contributed by atoms with E-state index in [9.17, 15) is 0 Å². The molecule has 1 unspecified atom stereocenters. The van der Waals surface area contributed by atoms with Crippen molar-refractivity contribution in [2.45, 2.75) is 25.3 Å². The van der Waals surface area contributed by atoms with Gasteiger partial charge in [0.2, 0.25) is 0 Å². The predicted molar refractivity (Wildman–Crippen MR) is 74.3 cm³/mol. The minimum atomic E-state index is 0.665. The Hall–Kier alpha value is -0.380. The Bertz CT molecular complexity index is 397. The monoisotopic (exact) mass is 294 g/mol. The summed E-state index contributed by atoms with van der Waals surface area (Å²) in [6.45, 7) is 4.76. The van der Waals surface area contributed by atoms with E-state index in [1.807, 2.05) is 0 Å². The summed E-state index contributed by atoms with van der Waals surface area (Å²) in [4.78, 5) is 2.67. The second-order valence-electron chi connectivity index (χ2n) is 5.04. The summed E-state index contributed by atoms with van der Waals surface area (Å²) in [7, 11) is 0. The van der Waals surface area contributed by atoms with Crippen LogP contribution in [0.15, 0.2) is 22.7 Å². The van der Waals surface area contributed by atoms with Crippen molar-refractivity contribution in [2.75, 3.05) is 26.2 Å². The number of fused-ring (bicyclic) bond motifs is 1. The molecule has 1 fully saturated rings. The molecule has 3 rings (SSSR count). The average Bonchev–Trinajstić information content (AvgIpc) is 2.57.